The smallest absolute Gasteiger partial charge is 0.277 e. The molecule has 1 aliphatic rings. The van der Waals surface area contributed by atoms with Crippen LogP contribution in [0.5, 0.6) is 0 Å². The summed E-state index contributed by atoms with van der Waals surface area (Å²) in [6.45, 7) is 4.09. The molecule has 1 aromatic carbocycles. The van der Waals surface area contributed by atoms with Gasteiger partial charge in [-0.1, -0.05) is 6.92 Å². The number of benzene rings is 1. The van der Waals surface area contributed by atoms with Gasteiger partial charge in [0.1, 0.15) is 5.70 Å². The number of hydrogen-bond acceptors (Lipinski definition) is 5. The summed E-state index contributed by atoms with van der Waals surface area (Å²) in [7, 11) is 0. The quantitative estimate of drug-likeness (QED) is 0.642. The van der Waals surface area contributed by atoms with Crippen molar-refractivity contribution in [1.29, 1.82) is 0 Å². The number of carbonyl (C=O) groups excluding carboxylic acids is 3. The third-order valence-electron chi connectivity index (χ3n) is 3.63. The molecule has 24 heavy (non-hydrogen) atoms. The van der Waals surface area contributed by atoms with E-state index in [0.29, 0.717) is 17.8 Å². The average molecular weight is 331 g/mol. The van der Waals surface area contributed by atoms with Crippen molar-refractivity contribution >= 4 is 23.4 Å². The molecule has 3 amide bonds. The van der Waals surface area contributed by atoms with Gasteiger partial charge in [-0.15, -0.1) is 0 Å². The molecule has 0 saturated heterocycles. The highest BCUT2D eigenvalue weighted by atomic mass is 16.3. The van der Waals surface area contributed by atoms with Gasteiger partial charge in [0, 0.05) is 23.9 Å². The molecule has 128 valence electrons. The summed E-state index contributed by atoms with van der Waals surface area (Å²) >= 11 is 0. The lowest BCUT2D eigenvalue weighted by Crippen LogP contribution is -2.34. The molecule has 7 heteroatoms. The van der Waals surface area contributed by atoms with Gasteiger partial charge in [-0.05, 0) is 37.1 Å². The molecule has 0 radical (unpaired) electrons. The highest BCUT2D eigenvalue weighted by Crippen LogP contribution is 2.21. The lowest BCUT2D eigenvalue weighted by molar-refractivity contribution is -0.137. The summed E-state index contributed by atoms with van der Waals surface area (Å²) in [6, 6.07) is 5.08. The van der Waals surface area contributed by atoms with E-state index in [0.717, 1.165) is 16.9 Å². The van der Waals surface area contributed by atoms with Crippen LogP contribution in [0.25, 0.3) is 0 Å². The van der Waals surface area contributed by atoms with E-state index in [-0.39, 0.29) is 24.8 Å². The number of rotatable bonds is 7. The van der Waals surface area contributed by atoms with Gasteiger partial charge in [0.2, 0.25) is 0 Å². The molecule has 7 nitrogen and oxygen atoms in total. The van der Waals surface area contributed by atoms with Crippen molar-refractivity contribution in [3.8, 4) is 0 Å². The van der Waals surface area contributed by atoms with Crippen molar-refractivity contribution in [3.63, 3.8) is 0 Å². The summed E-state index contributed by atoms with van der Waals surface area (Å²) in [4.78, 5) is 36.8. The van der Waals surface area contributed by atoms with Crippen molar-refractivity contribution < 1.29 is 19.5 Å². The zero-order chi connectivity index (χ0) is 17.7. The Labute approximate surface area is 140 Å². The molecule has 0 aliphatic carbocycles. The Morgan fingerprint density at radius 1 is 1.29 bits per heavy atom. The fraction of sp³-hybridized carbons (Fsp3) is 0.353. The molecular formula is C17H21N3O4. The first-order valence-electron chi connectivity index (χ1n) is 7.82. The molecule has 0 bridgehead atoms. The number of aliphatic hydroxyl groups excluding tert-OH is 1. The number of aryl methyl sites for hydroxylation is 1. The lowest BCUT2D eigenvalue weighted by atomic mass is 10.1. The van der Waals surface area contributed by atoms with Gasteiger partial charge < -0.3 is 15.7 Å². The third-order valence-corrected chi connectivity index (χ3v) is 3.63. The van der Waals surface area contributed by atoms with E-state index >= 15 is 0 Å². The van der Waals surface area contributed by atoms with E-state index in [1.54, 1.807) is 18.2 Å². The molecule has 1 aliphatic heterocycles. The van der Waals surface area contributed by atoms with E-state index < -0.39 is 11.8 Å². The maximum atomic E-state index is 12.1. The number of imide groups is 1. The van der Waals surface area contributed by atoms with Crippen molar-refractivity contribution in [2.45, 2.75) is 20.3 Å². The second kappa shape index (κ2) is 7.74. The minimum absolute atomic E-state index is 0.0329. The second-order valence-corrected chi connectivity index (χ2v) is 5.49. The van der Waals surface area contributed by atoms with Crippen LogP contribution in [0, 0.1) is 6.92 Å². The Morgan fingerprint density at radius 2 is 2.04 bits per heavy atom. The minimum Gasteiger partial charge on any atom is -0.395 e. The first-order valence-corrected chi connectivity index (χ1v) is 7.82. The van der Waals surface area contributed by atoms with E-state index in [1.807, 2.05) is 13.8 Å². The average Bonchev–Trinajstić information content (AvgIpc) is 2.82. The van der Waals surface area contributed by atoms with Crippen molar-refractivity contribution in [1.82, 2.24) is 10.2 Å². The number of amides is 3. The predicted molar refractivity (Wildman–Crippen MR) is 89.3 cm³/mol. The number of nitrogens with zero attached hydrogens (tertiary/aromatic N) is 1. The van der Waals surface area contributed by atoms with Crippen LogP contribution in [0.2, 0.25) is 0 Å². The van der Waals surface area contributed by atoms with Crippen LogP contribution in [-0.2, 0) is 9.59 Å². The van der Waals surface area contributed by atoms with Crippen molar-refractivity contribution in [2.24, 2.45) is 0 Å². The standard InChI is InChI=1S/C17H21N3O4/c1-3-6-18-16(23)12-4-5-13(11(2)9-12)19-14-10-15(22)20(7-8-21)17(14)24/h4-5,9-10,19,21H,3,6-8H2,1-2H3,(H,18,23). The first kappa shape index (κ1) is 17.7. The van der Waals surface area contributed by atoms with Gasteiger partial charge in [0.15, 0.2) is 0 Å². The topological polar surface area (TPSA) is 98.7 Å². The highest BCUT2D eigenvalue weighted by molar-refractivity contribution is 6.17. The van der Waals surface area contributed by atoms with Crippen LogP contribution in [0.4, 0.5) is 5.69 Å². The number of aliphatic hydroxyl groups is 1. The molecule has 0 spiro atoms. The SMILES string of the molecule is CCCNC(=O)c1ccc(NC2=CC(=O)N(CCO)C2=O)c(C)c1. The molecule has 0 saturated carbocycles. The van der Waals surface area contributed by atoms with Gasteiger partial charge in [-0.25, -0.2) is 0 Å². The molecule has 0 aromatic heterocycles. The summed E-state index contributed by atoms with van der Waals surface area (Å²) in [5.41, 5.74) is 2.11. The van der Waals surface area contributed by atoms with Crippen LogP contribution in [0.3, 0.4) is 0 Å². The van der Waals surface area contributed by atoms with E-state index in [2.05, 4.69) is 10.6 Å². The fourth-order valence-electron chi connectivity index (χ4n) is 2.34. The Kier molecular flexibility index (Phi) is 5.70. The largest absolute Gasteiger partial charge is 0.395 e. The molecular weight excluding hydrogens is 310 g/mol. The summed E-state index contributed by atoms with van der Waals surface area (Å²) < 4.78 is 0. The maximum absolute atomic E-state index is 12.1. The molecule has 1 aromatic rings. The molecule has 0 atom stereocenters. The van der Waals surface area contributed by atoms with E-state index in [4.69, 9.17) is 5.11 Å². The predicted octanol–water partition coefficient (Wildman–Crippen LogP) is 0.792. The Morgan fingerprint density at radius 3 is 2.67 bits per heavy atom. The van der Waals surface area contributed by atoms with Gasteiger partial charge in [0.25, 0.3) is 17.7 Å². The summed E-state index contributed by atoms with van der Waals surface area (Å²) in [5, 5.41) is 14.6. The number of hydrogen-bond donors (Lipinski definition) is 3. The maximum Gasteiger partial charge on any atom is 0.277 e. The Bertz CT molecular complexity index is 697. The van der Waals surface area contributed by atoms with Crippen LogP contribution < -0.4 is 10.6 Å². The monoisotopic (exact) mass is 331 g/mol. The van der Waals surface area contributed by atoms with Gasteiger partial charge in [0.05, 0.1) is 13.2 Å². The minimum atomic E-state index is -0.474. The second-order valence-electron chi connectivity index (χ2n) is 5.49. The number of carbonyl (C=O) groups is 3. The van der Waals surface area contributed by atoms with Crippen LogP contribution in [0.1, 0.15) is 29.3 Å². The van der Waals surface area contributed by atoms with E-state index in [9.17, 15) is 14.4 Å². The number of anilines is 1. The van der Waals surface area contributed by atoms with E-state index in [1.165, 1.54) is 6.08 Å². The fourth-order valence-corrected chi connectivity index (χ4v) is 2.34. The van der Waals surface area contributed by atoms with Crippen molar-refractivity contribution in [2.75, 3.05) is 25.0 Å². The zero-order valence-corrected chi connectivity index (χ0v) is 13.8. The molecule has 2 rings (SSSR count). The third kappa shape index (κ3) is 3.80. The first-order chi connectivity index (χ1) is 11.5. The summed E-state index contributed by atoms with van der Waals surface area (Å²) in [5.74, 6) is -1.07. The molecule has 0 fully saturated rings. The highest BCUT2D eigenvalue weighted by Gasteiger charge is 2.30. The molecule has 3 N–H and O–H groups in total. The van der Waals surface area contributed by atoms with Gasteiger partial charge >= 0.3 is 0 Å². The van der Waals surface area contributed by atoms with Gasteiger partial charge in [-0.3, -0.25) is 19.3 Å². The summed E-state index contributed by atoms with van der Waals surface area (Å²) in [6.07, 6.45) is 2.07. The van der Waals surface area contributed by atoms with Crippen LogP contribution >= 0.6 is 0 Å². The van der Waals surface area contributed by atoms with Crippen LogP contribution in [0.15, 0.2) is 30.0 Å². The number of nitrogens with one attached hydrogen (secondary N) is 2. The Hall–Kier alpha value is -2.67. The van der Waals surface area contributed by atoms with Gasteiger partial charge in [-0.2, -0.15) is 0 Å². The normalized spacial score (nSPS) is 14.0. The van der Waals surface area contributed by atoms with Crippen LogP contribution in [-0.4, -0.2) is 47.4 Å². The Balaban J connectivity index is 2.11. The number of β-amino-alcohol motifs (C(OH)–C–C–N with tert-alkyl or cyclic N) is 1. The lowest BCUT2D eigenvalue weighted by Gasteiger charge is -2.14. The zero-order valence-electron chi connectivity index (χ0n) is 13.8. The van der Waals surface area contributed by atoms with Crippen molar-refractivity contribution in [3.05, 3.63) is 41.1 Å². The molecule has 0 unspecified atom stereocenters. The molecule has 1 heterocycles.